The van der Waals surface area contributed by atoms with Gasteiger partial charge in [-0.1, -0.05) is 43.2 Å². The quantitative estimate of drug-likeness (QED) is 0.642. The number of hydrogen-bond acceptors (Lipinski definition) is 2. The first-order chi connectivity index (χ1) is 9.17. The minimum atomic E-state index is 0.00608. The first-order valence-electron chi connectivity index (χ1n) is 6.45. The lowest BCUT2D eigenvalue weighted by Crippen LogP contribution is -2.12. The van der Waals surface area contributed by atoms with E-state index in [9.17, 15) is 4.79 Å². The van der Waals surface area contributed by atoms with E-state index >= 15 is 0 Å². The monoisotopic (exact) mass is 278 g/mol. The second kappa shape index (κ2) is 8.58. The van der Waals surface area contributed by atoms with E-state index < -0.39 is 0 Å². The van der Waals surface area contributed by atoms with Crippen LogP contribution in [0.4, 0.5) is 5.69 Å². The smallest absolute Gasteiger partial charge is 0.224 e. The van der Waals surface area contributed by atoms with Crippen LogP contribution in [0.15, 0.2) is 18.2 Å². The van der Waals surface area contributed by atoms with Gasteiger partial charge in [0, 0.05) is 17.0 Å². The van der Waals surface area contributed by atoms with Crippen molar-refractivity contribution in [3.8, 4) is 11.8 Å². The van der Waals surface area contributed by atoms with Gasteiger partial charge in [-0.3, -0.25) is 4.79 Å². The normalized spacial score (nSPS) is 9.63. The number of hydrogen-bond donors (Lipinski definition) is 2. The van der Waals surface area contributed by atoms with Crippen molar-refractivity contribution in [2.75, 3.05) is 11.9 Å². The van der Waals surface area contributed by atoms with Gasteiger partial charge in [0.2, 0.25) is 5.91 Å². The van der Waals surface area contributed by atoms with E-state index in [0.717, 1.165) is 19.3 Å². The highest BCUT2D eigenvalue weighted by Gasteiger charge is 2.06. The molecule has 0 aliphatic rings. The van der Waals surface area contributed by atoms with Crippen molar-refractivity contribution in [2.45, 2.75) is 32.6 Å². The lowest BCUT2D eigenvalue weighted by atomic mass is 10.1. The van der Waals surface area contributed by atoms with Gasteiger partial charge in [-0.15, -0.1) is 0 Å². The summed E-state index contributed by atoms with van der Waals surface area (Å²) in [4.78, 5) is 11.8. The number of rotatable bonds is 5. The van der Waals surface area contributed by atoms with Crippen molar-refractivity contribution in [2.24, 2.45) is 5.73 Å². The summed E-state index contributed by atoms with van der Waals surface area (Å²) < 4.78 is 0. The van der Waals surface area contributed by atoms with Gasteiger partial charge in [-0.2, -0.15) is 0 Å². The molecule has 0 spiro atoms. The molecule has 0 radical (unpaired) electrons. The van der Waals surface area contributed by atoms with Gasteiger partial charge in [0.1, 0.15) is 0 Å². The lowest BCUT2D eigenvalue weighted by molar-refractivity contribution is -0.116. The molecule has 0 heterocycles. The van der Waals surface area contributed by atoms with Crippen LogP contribution in [0.1, 0.15) is 38.2 Å². The molecule has 0 aromatic heterocycles. The van der Waals surface area contributed by atoms with E-state index in [4.69, 9.17) is 17.3 Å². The van der Waals surface area contributed by atoms with Crippen LogP contribution in [-0.4, -0.2) is 12.5 Å². The lowest BCUT2D eigenvalue weighted by Gasteiger charge is -2.08. The van der Waals surface area contributed by atoms with Crippen molar-refractivity contribution in [1.82, 2.24) is 0 Å². The second-order valence-electron chi connectivity index (χ2n) is 4.20. The molecule has 0 fully saturated rings. The molecule has 3 N–H and O–H groups in total. The van der Waals surface area contributed by atoms with Gasteiger partial charge in [0.15, 0.2) is 0 Å². The van der Waals surface area contributed by atoms with Crippen LogP contribution in [0.3, 0.4) is 0 Å². The van der Waals surface area contributed by atoms with Gasteiger partial charge >= 0.3 is 0 Å². The summed E-state index contributed by atoms with van der Waals surface area (Å²) >= 11 is 5.92. The standard InChI is InChI=1S/C15H19ClN2O/c1-2-3-4-7-15(19)18-14-9-8-13(16)11-12(14)6-5-10-17/h8-9,11H,2-4,7,10,17H2,1H3,(H,18,19). The number of anilines is 1. The maximum Gasteiger partial charge on any atom is 0.224 e. The van der Waals surface area contributed by atoms with Gasteiger partial charge in [0.25, 0.3) is 0 Å². The third-order valence-corrected chi connectivity index (χ3v) is 2.82. The molecule has 1 amide bonds. The van der Waals surface area contributed by atoms with Crippen LogP contribution in [0, 0.1) is 11.8 Å². The fraction of sp³-hybridized carbons (Fsp3) is 0.400. The number of amides is 1. The molecular weight excluding hydrogens is 260 g/mol. The Balaban J connectivity index is 2.74. The Bertz CT molecular complexity index is 489. The molecule has 0 bridgehead atoms. The molecule has 0 saturated carbocycles. The van der Waals surface area contributed by atoms with Gasteiger partial charge in [-0.05, 0) is 24.6 Å². The van der Waals surface area contributed by atoms with Crippen LogP contribution in [0.5, 0.6) is 0 Å². The van der Waals surface area contributed by atoms with Crippen molar-refractivity contribution in [3.63, 3.8) is 0 Å². The molecule has 0 unspecified atom stereocenters. The molecular formula is C15H19ClN2O. The minimum absolute atomic E-state index is 0.00608. The number of nitrogens with one attached hydrogen (secondary N) is 1. The Labute approximate surface area is 119 Å². The third-order valence-electron chi connectivity index (χ3n) is 2.59. The van der Waals surface area contributed by atoms with Crippen molar-refractivity contribution >= 4 is 23.2 Å². The maximum absolute atomic E-state index is 11.8. The first-order valence-corrected chi connectivity index (χ1v) is 6.83. The number of halogens is 1. The van der Waals surface area contributed by atoms with Crippen LogP contribution < -0.4 is 11.1 Å². The number of unbranched alkanes of at least 4 members (excludes halogenated alkanes) is 2. The van der Waals surface area contributed by atoms with E-state index in [1.807, 2.05) is 0 Å². The average Bonchev–Trinajstić information content (AvgIpc) is 2.39. The largest absolute Gasteiger partial charge is 0.325 e. The SMILES string of the molecule is CCCCCC(=O)Nc1ccc(Cl)cc1C#CCN. The number of nitrogens with two attached hydrogens (primary N) is 1. The van der Waals surface area contributed by atoms with Crippen molar-refractivity contribution in [1.29, 1.82) is 0 Å². The molecule has 0 saturated heterocycles. The minimum Gasteiger partial charge on any atom is -0.325 e. The van der Waals surface area contributed by atoms with E-state index in [1.54, 1.807) is 18.2 Å². The topological polar surface area (TPSA) is 55.1 Å². The molecule has 0 aliphatic heterocycles. The summed E-state index contributed by atoms with van der Waals surface area (Å²) in [5.74, 6) is 5.68. The van der Waals surface area contributed by atoms with Crippen molar-refractivity contribution in [3.05, 3.63) is 28.8 Å². The van der Waals surface area contributed by atoms with E-state index in [1.165, 1.54) is 0 Å². The Morgan fingerprint density at radius 3 is 2.89 bits per heavy atom. The molecule has 19 heavy (non-hydrogen) atoms. The molecule has 0 atom stereocenters. The zero-order valence-corrected chi connectivity index (χ0v) is 11.9. The molecule has 3 nitrogen and oxygen atoms in total. The summed E-state index contributed by atoms with van der Waals surface area (Å²) in [7, 11) is 0. The van der Waals surface area contributed by atoms with Crippen LogP contribution in [-0.2, 0) is 4.79 Å². The molecule has 102 valence electrons. The van der Waals surface area contributed by atoms with Crippen LogP contribution >= 0.6 is 11.6 Å². The van der Waals surface area contributed by atoms with Crippen LogP contribution in [0.2, 0.25) is 5.02 Å². The zero-order valence-electron chi connectivity index (χ0n) is 11.1. The summed E-state index contributed by atoms with van der Waals surface area (Å²) in [6, 6.07) is 5.23. The van der Waals surface area contributed by atoms with Gasteiger partial charge in [-0.25, -0.2) is 0 Å². The summed E-state index contributed by atoms with van der Waals surface area (Å²) in [6.07, 6.45) is 3.59. The van der Waals surface area contributed by atoms with E-state index in [0.29, 0.717) is 22.7 Å². The summed E-state index contributed by atoms with van der Waals surface area (Å²) in [5, 5.41) is 3.45. The highest BCUT2D eigenvalue weighted by Crippen LogP contribution is 2.20. The average molecular weight is 279 g/mol. The third kappa shape index (κ3) is 5.78. The Hall–Kier alpha value is -1.50. The molecule has 0 aliphatic carbocycles. The van der Waals surface area contributed by atoms with Gasteiger partial charge in [0.05, 0.1) is 12.2 Å². The Morgan fingerprint density at radius 1 is 1.42 bits per heavy atom. The zero-order chi connectivity index (χ0) is 14.1. The fourth-order valence-corrected chi connectivity index (χ4v) is 1.80. The molecule has 1 aromatic carbocycles. The predicted octanol–water partition coefficient (Wildman–Crippen LogP) is 3.17. The Kier molecular flexibility index (Phi) is 7.02. The molecule has 1 rings (SSSR count). The van der Waals surface area contributed by atoms with Gasteiger partial charge < -0.3 is 11.1 Å². The number of carbonyl (C=O) groups is 1. The highest BCUT2D eigenvalue weighted by atomic mass is 35.5. The summed E-state index contributed by atoms with van der Waals surface area (Å²) in [5.41, 5.74) is 6.74. The first kappa shape index (κ1) is 15.6. The highest BCUT2D eigenvalue weighted by molar-refractivity contribution is 6.30. The molecule has 4 heteroatoms. The second-order valence-corrected chi connectivity index (χ2v) is 4.64. The fourth-order valence-electron chi connectivity index (χ4n) is 1.62. The number of carbonyl (C=O) groups excluding carboxylic acids is 1. The molecule has 1 aromatic rings. The maximum atomic E-state index is 11.8. The number of benzene rings is 1. The summed E-state index contributed by atoms with van der Waals surface area (Å²) in [6.45, 7) is 2.38. The Morgan fingerprint density at radius 2 is 2.21 bits per heavy atom. The van der Waals surface area contributed by atoms with Crippen LogP contribution in [0.25, 0.3) is 0 Å². The predicted molar refractivity (Wildman–Crippen MR) is 80.2 cm³/mol. The van der Waals surface area contributed by atoms with Crippen molar-refractivity contribution < 1.29 is 4.79 Å². The van der Waals surface area contributed by atoms with E-state index in [-0.39, 0.29) is 12.5 Å². The van der Waals surface area contributed by atoms with E-state index in [2.05, 4.69) is 24.1 Å².